The van der Waals surface area contributed by atoms with Crippen molar-refractivity contribution < 1.29 is 9.59 Å². The lowest BCUT2D eigenvalue weighted by Crippen LogP contribution is -2.26. The summed E-state index contributed by atoms with van der Waals surface area (Å²) in [5.74, 6) is 0.0962. The van der Waals surface area contributed by atoms with Crippen LogP contribution in [-0.2, 0) is 9.59 Å². The van der Waals surface area contributed by atoms with E-state index in [1.165, 1.54) is 0 Å². The van der Waals surface area contributed by atoms with Gasteiger partial charge in [-0.15, -0.1) is 0 Å². The molecule has 0 saturated carbocycles. The van der Waals surface area contributed by atoms with Crippen LogP contribution in [0.1, 0.15) is 40.5 Å². The lowest BCUT2D eigenvalue weighted by molar-refractivity contribution is -0.129. The largest absolute Gasteiger partial charge is 0.356 e. The van der Waals surface area contributed by atoms with Crippen LogP contribution in [0.15, 0.2) is 0 Å². The fourth-order valence-corrected chi connectivity index (χ4v) is 0.888. The molecule has 3 heteroatoms. The maximum Gasteiger partial charge on any atom is 0.220 e. The number of carbonyl (C=O) groups is 2. The van der Waals surface area contributed by atoms with E-state index in [1.54, 1.807) is 0 Å². The van der Waals surface area contributed by atoms with Crippen molar-refractivity contribution in [1.82, 2.24) is 5.32 Å². The van der Waals surface area contributed by atoms with Crippen molar-refractivity contribution in [3.8, 4) is 0 Å². The number of hydrogen-bond donors (Lipinski definition) is 1. The summed E-state index contributed by atoms with van der Waals surface area (Å²) in [6.07, 6.45) is 0.652. The standard InChI is InChI=1S/C10H19NO2/c1-5-11-9(13)7-6-8(12)10(2,3)4/h5-7H2,1-4H3,(H,11,13). The molecular formula is C10H19NO2. The average Bonchev–Trinajstić information content (AvgIpc) is 1.99. The quantitative estimate of drug-likeness (QED) is 0.721. The molecule has 0 saturated heterocycles. The maximum absolute atomic E-state index is 11.4. The molecule has 0 aromatic heterocycles. The molecule has 3 nitrogen and oxygen atoms in total. The molecule has 0 rings (SSSR count). The molecule has 0 aromatic rings. The Kier molecular flexibility index (Phi) is 4.67. The van der Waals surface area contributed by atoms with Crippen molar-refractivity contribution in [2.45, 2.75) is 40.5 Å². The van der Waals surface area contributed by atoms with Gasteiger partial charge in [-0.1, -0.05) is 20.8 Å². The Bertz CT molecular complexity index is 192. The third-order valence-corrected chi connectivity index (χ3v) is 1.79. The minimum atomic E-state index is -0.327. The Balaban J connectivity index is 3.77. The van der Waals surface area contributed by atoms with E-state index in [4.69, 9.17) is 0 Å². The van der Waals surface area contributed by atoms with Crippen molar-refractivity contribution in [3.05, 3.63) is 0 Å². The van der Waals surface area contributed by atoms with E-state index in [0.29, 0.717) is 19.4 Å². The van der Waals surface area contributed by atoms with Crippen molar-refractivity contribution in [2.24, 2.45) is 5.41 Å². The summed E-state index contributed by atoms with van der Waals surface area (Å²) in [4.78, 5) is 22.4. The van der Waals surface area contributed by atoms with Crippen LogP contribution < -0.4 is 5.32 Å². The van der Waals surface area contributed by atoms with Gasteiger partial charge in [-0.3, -0.25) is 9.59 Å². The second-order valence-electron chi connectivity index (χ2n) is 4.13. The van der Waals surface area contributed by atoms with Crippen LogP contribution in [0, 0.1) is 5.41 Å². The average molecular weight is 185 g/mol. The molecule has 0 aliphatic rings. The number of rotatable bonds is 4. The van der Waals surface area contributed by atoms with Crippen LogP contribution >= 0.6 is 0 Å². The molecule has 0 bridgehead atoms. The smallest absolute Gasteiger partial charge is 0.220 e. The Morgan fingerprint density at radius 1 is 1.15 bits per heavy atom. The van der Waals surface area contributed by atoms with Crippen molar-refractivity contribution >= 4 is 11.7 Å². The van der Waals surface area contributed by atoms with Gasteiger partial charge in [0.15, 0.2) is 0 Å². The second kappa shape index (κ2) is 5.00. The highest BCUT2D eigenvalue weighted by molar-refractivity contribution is 5.87. The third-order valence-electron chi connectivity index (χ3n) is 1.79. The molecule has 0 spiro atoms. The molecule has 13 heavy (non-hydrogen) atoms. The molecule has 1 N–H and O–H groups in total. The minimum absolute atomic E-state index is 0.0416. The van der Waals surface area contributed by atoms with E-state index in [1.807, 2.05) is 27.7 Å². The molecule has 0 unspecified atom stereocenters. The lowest BCUT2D eigenvalue weighted by atomic mass is 9.88. The highest BCUT2D eigenvalue weighted by Crippen LogP contribution is 2.17. The highest BCUT2D eigenvalue weighted by atomic mass is 16.2. The molecule has 0 aliphatic heterocycles. The van der Waals surface area contributed by atoms with Gasteiger partial charge >= 0.3 is 0 Å². The number of hydrogen-bond acceptors (Lipinski definition) is 2. The van der Waals surface area contributed by atoms with E-state index in [9.17, 15) is 9.59 Å². The monoisotopic (exact) mass is 185 g/mol. The van der Waals surface area contributed by atoms with Crippen LogP contribution in [-0.4, -0.2) is 18.2 Å². The number of carbonyl (C=O) groups excluding carboxylic acids is 2. The Hall–Kier alpha value is -0.860. The second-order valence-corrected chi connectivity index (χ2v) is 4.13. The zero-order valence-corrected chi connectivity index (χ0v) is 8.94. The van der Waals surface area contributed by atoms with Crippen LogP contribution in [0.2, 0.25) is 0 Å². The van der Waals surface area contributed by atoms with Gasteiger partial charge in [0.2, 0.25) is 5.91 Å². The molecule has 0 heterocycles. The summed E-state index contributed by atoms with van der Waals surface area (Å²) in [7, 11) is 0. The van der Waals surface area contributed by atoms with Crippen LogP contribution in [0.4, 0.5) is 0 Å². The predicted octanol–water partition coefficient (Wildman–Crippen LogP) is 1.52. The number of ketones is 1. The Morgan fingerprint density at radius 3 is 2.08 bits per heavy atom. The van der Waals surface area contributed by atoms with E-state index < -0.39 is 0 Å². The molecule has 0 fully saturated rings. The van der Waals surface area contributed by atoms with Crippen molar-refractivity contribution in [3.63, 3.8) is 0 Å². The molecule has 0 aromatic carbocycles. The Labute approximate surface area is 79.9 Å². The minimum Gasteiger partial charge on any atom is -0.356 e. The normalized spacial score (nSPS) is 11.1. The highest BCUT2D eigenvalue weighted by Gasteiger charge is 2.21. The van der Waals surface area contributed by atoms with Crippen molar-refractivity contribution in [1.29, 1.82) is 0 Å². The van der Waals surface area contributed by atoms with Gasteiger partial charge in [0.25, 0.3) is 0 Å². The van der Waals surface area contributed by atoms with Crippen molar-refractivity contribution in [2.75, 3.05) is 6.54 Å². The number of amides is 1. The molecule has 0 radical (unpaired) electrons. The van der Waals surface area contributed by atoms with Crippen LogP contribution in [0.25, 0.3) is 0 Å². The van der Waals surface area contributed by atoms with E-state index in [-0.39, 0.29) is 17.1 Å². The van der Waals surface area contributed by atoms with Gasteiger partial charge in [0, 0.05) is 24.8 Å². The first kappa shape index (κ1) is 12.1. The van der Waals surface area contributed by atoms with E-state index >= 15 is 0 Å². The first-order valence-electron chi connectivity index (χ1n) is 4.68. The Morgan fingerprint density at radius 2 is 1.69 bits per heavy atom. The van der Waals surface area contributed by atoms with Gasteiger partial charge in [-0.05, 0) is 6.92 Å². The predicted molar refractivity (Wildman–Crippen MR) is 52.4 cm³/mol. The first-order chi connectivity index (χ1) is 5.88. The molecule has 76 valence electrons. The SMILES string of the molecule is CCNC(=O)CCC(=O)C(C)(C)C. The summed E-state index contributed by atoms with van der Waals surface area (Å²) < 4.78 is 0. The maximum atomic E-state index is 11.4. The lowest BCUT2D eigenvalue weighted by Gasteiger charge is -2.15. The van der Waals surface area contributed by atoms with Gasteiger partial charge in [0.1, 0.15) is 5.78 Å². The molecular weight excluding hydrogens is 166 g/mol. The zero-order chi connectivity index (χ0) is 10.5. The van der Waals surface area contributed by atoms with Gasteiger partial charge in [0.05, 0.1) is 0 Å². The third kappa shape index (κ3) is 5.39. The first-order valence-corrected chi connectivity index (χ1v) is 4.68. The molecule has 1 amide bonds. The van der Waals surface area contributed by atoms with Crippen LogP contribution in [0.5, 0.6) is 0 Å². The summed E-state index contributed by atoms with van der Waals surface area (Å²) in [5.41, 5.74) is -0.327. The van der Waals surface area contributed by atoms with Gasteiger partial charge < -0.3 is 5.32 Å². The van der Waals surface area contributed by atoms with Crippen LogP contribution in [0.3, 0.4) is 0 Å². The zero-order valence-electron chi connectivity index (χ0n) is 8.94. The van der Waals surface area contributed by atoms with E-state index in [2.05, 4.69) is 5.32 Å². The molecule has 0 atom stereocenters. The summed E-state index contributed by atoms with van der Waals surface area (Å²) >= 11 is 0. The van der Waals surface area contributed by atoms with Gasteiger partial charge in [-0.25, -0.2) is 0 Å². The number of nitrogens with one attached hydrogen (secondary N) is 1. The fourth-order valence-electron chi connectivity index (χ4n) is 0.888. The van der Waals surface area contributed by atoms with Gasteiger partial charge in [-0.2, -0.15) is 0 Å². The summed E-state index contributed by atoms with van der Waals surface area (Å²) in [5, 5.41) is 2.66. The van der Waals surface area contributed by atoms with E-state index in [0.717, 1.165) is 0 Å². The molecule has 0 aliphatic carbocycles. The topological polar surface area (TPSA) is 46.2 Å². The number of Topliss-reactive ketones (excluding diaryl/α,β-unsaturated/α-hetero) is 1. The summed E-state index contributed by atoms with van der Waals surface area (Å²) in [6, 6.07) is 0. The summed E-state index contributed by atoms with van der Waals surface area (Å²) in [6.45, 7) is 8.10. The fraction of sp³-hybridized carbons (Fsp3) is 0.800.